The van der Waals surface area contributed by atoms with Crippen LogP contribution in [0.2, 0.25) is 0 Å². The van der Waals surface area contributed by atoms with Gasteiger partial charge in [0.1, 0.15) is 5.84 Å². The van der Waals surface area contributed by atoms with Crippen LogP contribution in [0.3, 0.4) is 0 Å². The molecule has 0 aromatic heterocycles. The molecule has 1 aliphatic rings. The number of thioether (sulfide) groups is 2. The zero-order valence-electron chi connectivity index (χ0n) is 8.64. The lowest BCUT2D eigenvalue weighted by Gasteiger charge is -1.99. The van der Waals surface area contributed by atoms with Crippen LogP contribution in [0.1, 0.15) is 5.56 Å². The Kier molecular flexibility index (Phi) is 3.36. The summed E-state index contributed by atoms with van der Waals surface area (Å²) in [5.41, 5.74) is 6.63. The first kappa shape index (κ1) is 11.3. The second-order valence-corrected chi connectivity index (χ2v) is 5.02. The van der Waals surface area contributed by atoms with Crippen molar-refractivity contribution in [2.45, 2.75) is 4.90 Å². The van der Waals surface area contributed by atoms with Gasteiger partial charge in [0.15, 0.2) is 0 Å². The standard InChI is InChI=1S/C11H10N2OS2/c1-15-8-4-2-7(3-5-8)6-9-10(12)13-11(14)16-9/h2-6H,1H3,(H2,12,13,14)/b9-6-. The highest BCUT2D eigenvalue weighted by atomic mass is 32.2. The molecular formula is C11H10N2OS2. The third-order valence-electron chi connectivity index (χ3n) is 2.08. The Bertz CT molecular complexity index is 477. The zero-order valence-corrected chi connectivity index (χ0v) is 10.3. The minimum Gasteiger partial charge on any atom is -0.383 e. The van der Waals surface area contributed by atoms with E-state index >= 15 is 0 Å². The minimum atomic E-state index is -0.246. The summed E-state index contributed by atoms with van der Waals surface area (Å²) in [6.45, 7) is 0. The Balaban J connectivity index is 2.23. The smallest absolute Gasteiger partial charge is 0.311 e. The van der Waals surface area contributed by atoms with Crippen molar-refractivity contribution in [3.63, 3.8) is 0 Å². The van der Waals surface area contributed by atoms with E-state index in [9.17, 15) is 4.79 Å². The van der Waals surface area contributed by atoms with Crippen molar-refractivity contribution >= 4 is 40.7 Å². The Hall–Kier alpha value is -1.20. The third-order valence-corrected chi connectivity index (χ3v) is 3.63. The monoisotopic (exact) mass is 250 g/mol. The number of rotatable bonds is 2. The molecule has 1 aromatic carbocycles. The van der Waals surface area contributed by atoms with E-state index in [-0.39, 0.29) is 5.24 Å². The number of amidine groups is 1. The zero-order chi connectivity index (χ0) is 11.5. The van der Waals surface area contributed by atoms with E-state index in [1.807, 2.05) is 36.6 Å². The quantitative estimate of drug-likeness (QED) is 0.820. The number of amides is 1. The largest absolute Gasteiger partial charge is 0.383 e. The number of nitrogens with two attached hydrogens (primary N) is 1. The molecule has 0 spiro atoms. The molecular weight excluding hydrogens is 240 g/mol. The number of hydrogen-bond acceptors (Lipinski definition) is 4. The molecule has 5 heteroatoms. The number of hydrogen-bond donors (Lipinski definition) is 1. The van der Waals surface area contributed by atoms with Gasteiger partial charge in [0.2, 0.25) is 0 Å². The van der Waals surface area contributed by atoms with Gasteiger partial charge >= 0.3 is 5.24 Å². The van der Waals surface area contributed by atoms with Crippen molar-refractivity contribution in [1.29, 1.82) is 0 Å². The van der Waals surface area contributed by atoms with E-state index in [1.165, 1.54) is 4.90 Å². The van der Waals surface area contributed by atoms with Gasteiger partial charge in [-0.3, -0.25) is 4.79 Å². The Morgan fingerprint density at radius 3 is 2.56 bits per heavy atom. The Labute approximate surface area is 102 Å². The van der Waals surface area contributed by atoms with Crippen molar-refractivity contribution in [2.75, 3.05) is 6.26 Å². The summed E-state index contributed by atoms with van der Waals surface area (Å²) in [7, 11) is 0. The molecule has 2 rings (SSSR count). The van der Waals surface area contributed by atoms with Crippen molar-refractivity contribution in [3.05, 3.63) is 34.7 Å². The van der Waals surface area contributed by atoms with Gasteiger partial charge in [-0.2, -0.15) is 4.99 Å². The predicted octanol–water partition coefficient (Wildman–Crippen LogP) is 2.97. The minimum absolute atomic E-state index is 0.246. The van der Waals surface area contributed by atoms with Gasteiger partial charge in [0, 0.05) is 4.90 Å². The molecule has 1 heterocycles. The van der Waals surface area contributed by atoms with Gasteiger partial charge in [0.25, 0.3) is 0 Å². The Morgan fingerprint density at radius 2 is 2.06 bits per heavy atom. The van der Waals surface area contributed by atoms with E-state index < -0.39 is 0 Å². The molecule has 0 unspecified atom stereocenters. The summed E-state index contributed by atoms with van der Waals surface area (Å²) < 4.78 is 0. The lowest BCUT2D eigenvalue weighted by Crippen LogP contribution is -2.08. The average Bonchev–Trinajstić information content (AvgIpc) is 2.59. The molecule has 0 fully saturated rings. The van der Waals surface area contributed by atoms with Crippen LogP contribution >= 0.6 is 23.5 Å². The molecule has 0 aliphatic carbocycles. The number of carbonyl (C=O) groups is 1. The van der Waals surface area contributed by atoms with Gasteiger partial charge in [0.05, 0.1) is 4.91 Å². The highest BCUT2D eigenvalue weighted by molar-refractivity contribution is 8.18. The number of nitrogens with zero attached hydrogens (tertiary/aromatic N) is 1. The van der Waals surface area contributed by atoms with Gasteiger partial charge in [-0.25, -0.2) is 0 Å². The maximum absolute atomic E-state index is 11.0. The first-order valence-corrected chi connectivity index (χ1v) is 6.65. The fraction of sp³-hybridized carbons (Fsp3) is 0.0909. The van der Waals surface area contributed by atoms with E-state index in [1.54, 1.807) is 11.8 Å². The fourth-order valence-corrected chi connectivity index (χ4v) is 2.36. The predicted molar refractivity (Wildman–Crippen MR) is 70.8 cm³/mol. The molecule has 82 valence electrons. The number of carbonyl (C=O) groups excluding carboxylic acids is 1. The van der Waals surface area contributed by atoms with E-state index in [2.05, 4.69) is 4.99 Å². The van der Waals surface area contributed by atoms with Crippen molar-refractivity contribution in [2.24, 2.45) is 10.7 Å². The van der Waals surface area contributed by atoms with Gasteiger partial charge < -0.3 is 5.73 Å². The van der Waals surface area contributed by atoms with Crippen LogP contribution in [0, 0.1) is 0 Å². The van der Waals surface area contributed by atoms with Gasteiger partial charge in [-0.05, 0) is 41.8 Å². The number of benzene rings is 1. The molecule has 3 nitrogen and oxygen atoms in total. The van der Waals surface area contributed by atoms with Crippen molar-refractivity contribution < 1.29 is 4.79 Å². The van der Waals surface area contributed by atoms with Crippen LogP contribution in [-0.4, -0.2) is 17.3 Å². The summed E-state index contributed by atoms with van der Waals surface area (Å²) in [5.74, 6) is 0.309. The van der Waals surface area contributed by atoms with Gasteiger partial charge in [-0.1, -0.05) is 12.1 Å². The first-order chi connectivity index (χ1) is 7.69. The molecule has 1 aromatic rings. The van der Waals surface area contributed by atoms with Crippen LogP contribution in [-0.2, 0) is 0 Å². The molecule has 0 bridgehead atoms. The Morgan fingerprint density at radius 1 is 1.38 bits per heavy atom. The molecule has 1 aliphatic heterocycles. The lowest BCUT2D eigenvalue weighted by atomic mass is 10.2. The second kappa shape index (κ2) is 4.76. The average molecular weight is 250 g/mol. The summed E-state index contributed by atoms with van der Waals surface area (Å²) in [5, 5.41) is -0.246. The molecule has 1 amide bonds. The highest BCUT2D eigenvalue weighted by Gasteiger charge is 2.18. The molecule has 0 saturated heterocycles. The first-order valence-electron chi connectivity index (χ1n) is 4.61. The van der Waals surface area contributed by atoms with Gasteiger partial charge in [-0.15, -0.1) is 11.8 Å². The summed E-state index contributed by atoms with van der Waals surface area (Å²) in [6.07, 6.45) is 3.90. The van der Waals surface area contributed by atoms with Crippen LogP contribution in [0.5, 0.6) is 0 Å². The highest BCUT2D eigenvalue weighted by Crippen LogP contribution is 2.27. The summed E-state index contributed by atoms with van der Waals surface area (Å²) >= 11 is 2.76. The fourth-order valence-electron chi connectivity index (χ4n) is 1.28. The van der Waals surface area contributed by atoms with Crippen LogP contribution in [0.25, 0.3) is 6.08 Å². The molecule has 0 radical (unpaired) electrons. The molecule has 2 N–H and O–H groups in total. The normalized spacial score (nSPS) is 17.9. The van der Waals surface area contributed by atoms with E-state index in [0.717, 1.165) is 22.2 Å². The third kappa shape index (κ3) is 2.48. The molecule has 0 saturated carbocycles. The van der Waals surface area contributed by atoms with Crippen molar-refractivity contribution in [1.82, 2.24) is 0 Å². The lowest BCUT2D eigenvalue weighted by molar-refractivity contribution is 0.268. The summed E-state index contributed by atoms with van der Waals surface area (Å²) in [6, 6.07) is 8.06. The van der Waals surface area contributed by atoms with E-state index in [0.29, 0.717) is 5.84 Å². The van der Waals surface area contributed by atoms with Crippen LogP contribution < -0.4 is 5.73 Å². The SMILES string of the molecule is CSc1ccc(/C=C2\SC(=O)N=C2N)cc1. The maximum Gasteiger partial charge on any atom is 0.311 e. The molecule has 16 heavy (non-hydrogen) atoms. The second-order valence-electron chi connectivity index (χ2n) is 3.15. The topological polar surface area (TPSA) is 55.5 Å². The van der Waals surface area contributed by atoms with Crippen LogP contribution in [0.15, 0.2) is 39.1 Å². The van der Waals surface area contributed by atoms with Crippen molar-refractivity contribution in [3.8, 4) is 0 Å². The van der Waals surface area contributed by atoms with Crippen LogP contribution in [0.4, 0.5) is 4.79 Å². The summed E-state index contributed by atoms with van der Waals surface area (Å²) in [4.78, 5) is 16.6. The molecule has 0 atom stereocenters. The van der Waals surface area contributed by atoms with E-state index in [4.69, 9.17) is 5.73 Å². The maximum atomic E-state index is 11.0. The number of aliphatic imine (C=N–C) groups is 1.